The van der Waals surface area contributed by atoms with E-state index in [0.29, 0.717) is 16.9 Å². The summed E-state index contributed by atoms with van der Waals surface area (Å²) in [4.78, 5) is 27.0. The molecule has 0 bridgehead atoms. The van der Waals surface area contributed by atoms with E-state index in [2.05, 4.69) is 0 Å². The van der Waals surface area contributed by atoms with E-state index >= 15 is 0 Å². The van der Waals surface area contributed by atoms with Gasteiger partial charge in [0.15, 0.2) is 0 Å². The second kappa shape index (κ2) is 7.51. The number of carbonyl (C=O) groups is 2. The number of halogens is 1. The van der Waals surface area contributed by atoms with Crippen LogP contribution in [0.3, 0.4) is 0 Å². The molecule has 6 nitrogen and oxygen atoms in total. The van der Waals surface area contributed by atoms with Crippen molar-refractivity contribution in [1.29, 1.82) is 0 Å². The van der Waals surface area contributed by atoms with Gasteiger partial charge in [0.25, 0.3) is 11.7 Å². The van der Waals surface area contributed by atoms with Crippen molar-refractivity contribution in [1.82, 2.24) is 4.90 Å². The summed E-state index contributed by atoms with van der Waals surface area (Å²) >= 11 is 0. The van der Waals surface area contributed by atoms with Crippen molar-refractivity contribution in [3.63, 3.8) is 0 Å². The number of hydrogen-bond donors (Lipinski definition) is 2. The monoisotopic (exact) mass is 407 g/mol. The van der Waals surface area contributed by atoms with Gasteiger partial charge in [-0.1, -0.05) is 24.3 Å². The second-order valence-electron chi connectivity index (χ2n) is 7.07. The average molecular weight is 407 g/mol. The Hall–Kier alpha value is -3.87. The third-order valence-electron chi connectivity index (χ3n) is 5.08. The maximum absolute atomic E-state index is 14.1. The first-order valence-electron chi connectivity index (χ1n) is 9.23. The molecular formula is C23H18FNO5. The van der Waals surface area contributed by atoms with Crippen molar-refractivity contribution >= 4 is 17.4 Å². The van der Waals surface area contributed by atoms with Crippen LogP contribution in [0.5, 0.6) is 5.75 Å². The van der Waals surface area contributed by atoms with Crippen LogP contribution in [0.2, 0.25) is 0 Å². The zero-order chi connectivity index (χ0) is 21.4. The molecule has 3 aromatic rings. The molecule has 4 rings (SSSR count). The van der Waals surface area contributed by atoms with Crippen LogP contribution in [-0.2, 0) is 16.1 Å². The summed E-state index contributed by atoms with van der Waals surface area (Å²) in [5.74, 6) is -2.36. The average Bonchev–Trinajstić information content (AvgIpc) is 3.32. The zero-order valence-corrected chi connectivity index (χ0v) is 16.0. The summed E-state index contributed by atoms with van der Waals surface area (Å²) in [5, 5.41) is 20.8. The lowest BCUT2D eigenvalue weighted by Crippen LogP contribution is -2.29. The molecule has 1 aromatic heterocycles. The number of aromatic hydroxyl groups is 1. The van der Waals surface area contributed by atoms with E-state index < -0.39 is 29.3 Å². The predicted molar refractivity (Wildman–Crippen MR) is 106 cm³/mol. The molecule has 1 aliphatic heterocycles. The first-order chi connectivity index (χ1) is 14.4. The number of aliphatic hydroxyl groups excluding tert-OH is 1. The number of phenolic OH excluding ortho intramolecular Hbond substituents is 1. The number of hydrogen-bond acceptors (Lipinski definition) is 5. The molecule has 30 heavy (non-hydrogen) atoms. The lowest BCUT2D eigenvalue weighted by atomic mass is 9.95. The fourth-order valence-corrected chi connectivity index (χ4v) is 3.55. The van der Waals surface area contributed by atoms with E-state index in [1.54, 1.807) is 31.2 Å². The summed E-state index contributed by atoms with van der Waals surface area (Å²) in [5.41, 5.74) is 0.712. The Kier molecular flexibility index (Phi) is 4.87. The summed E-state index contributed by atoms with van der Waals surface area (Å²) in [7, 11) is 0. The van der Waals surface area contributed by atoms with Gasteiger partial charge in [0.1, 0.15) is 23.1 Å². The fraction of sp³-hybridized carbons (Fsp3) is 0.130. The normalized spacial score (nSPS) is 18.2. The van der Waals surface area contributed by atoms with Crippen LogP contribution in [0.15, 0.2) is 70.9 Å². The molecule has 0 spiro atoms. The Morgan fingerprint density at radius 1 is 1.13 bits per heavy atom. The zero-order valence-electron chi connectivity index (χ0n) is 16.0. The van der Waals surface area contributed by atoms with Gasteiger partial charge in [-0.05, 0) is 48.4 Å². The van der Waals surface area contributed by atoms with Crippen molar-refractivity contribution in [2.45, 2.75) is 19.5 Å². The number of carbonyl (C=O) groups excluding carboxylic acids is 2. The lowest BCUT2D eigenvalue weighted by molar-refractivity contribution is -0.140. The minimum absolute atomic E-state index is 0.0169. The lowest BCUT2D eigenvalue weighted by Gasteiger charge is -2.24. The molecule has 1 atom stereocenters. The number of aryl methyl sites for hydroxylation is 1. The molecular weight excluding hydrogens is 389 g/mol. The van der Waals surface area contributed by atoms with Gasteiger partial charge >= 0.3 is 0 Å². The Labute approximate surface area is 171 Å². The van der Waals surface area contributed by atoms with E-state index in [1.165, 1.54) is 35.4 Å². The molecule has 1 unspecified atom stereocenters. The van der Waals surface area contributed by atoms with Gasteiger partial charge < -0.3 is 19.5 Å². The van der Waals surface area contributed by atoms with Crippen molar-refractivity contribution in [3.8, 4) is 5.75 Å². The number of rotatable bonds is 4. The summed E-state index contributed by atoms with van der Waals surface area (Å²) in [6.45, 7) is 1.56. The van der Waals surface area contributed by atoms with E-state index in [0.717, 1.165) is 6.07 Å². The van der Waals surface area contributed by atoms with Gasteiger partial charge in [-0.2, -0.15) is 0 Å². The molecule has 2 N–H and O–H groups in total. The summed E-state index contributed by atoms with van der Waals surface area (Å²) in [6, 6.07) is 12.5. The fourth-order valence-electron chi connectivity index (χ4n) is 3.55. The topological polar surface area (TPSA) is 91.0 Å². The van der Waals surface area contributed by atoms with Crippen LogP contribution in [-0.4, -0.2) is 26.8 Å². The van der Waals surface area contributed by atoms with E-state index in [4.69, 9.17) is 4.42 Å². The molecule has 7 heteroatoms. The largest absolute Gasteiger partial charge is 0.508 e. The van der Waals surface area contributed by atoms with Gasteiger partial charge in [0.05, 0.1) is 24.4 Å². The van der Waals surface area contributed by atoms with E-state index in [1.807, 2.05) is 0 Å². The van der Waals surface area contributed by atoms with Crippen LogP contribution in [0.4, 0.5) is 4.39 Å². The molecule has 0 saturated carbocycles. The molecule has 1 aliphatic rings. The van der Waals surface area contributed by atoms with Gasteiger partial charge in [0, 0.05) is 5.56 Å². The van der Waals surface area contributed by atoms with E-state index in [9.17, 15) is 24.2 Å². The molecule has 1 fully saturated rings. The smallest absolute Gasteiger partial charge is 0.296 e. The highest BCUT2D eigenvalue weighted by molar-refractivity contribution is 6.46. The van der Waals surface area contributed by atoms with Crippen LogP contribution in [0.25, 0.3) is 5.76 Å². The number of furan rings is 1. The standard InChI is InChI=1S/C23H18FNO5/c1-13-7-8-15(11-18(13)24)21(27)19-20(14-4-2-5-16(26)10-14)25(23(29)22(19)28)12-17-6-3-9-30-17/h2-11,20,26-27H,12H2,1H3/b21-19+. The van der Waals surface area contributed by atoms with Crippen LogP contribution >= 0.6 is 0 Å². The number of ketones is 1. The van der Waals surface area contributed by atoms with Crippen LogP contribution in [0, 0.1) is 12.7 Å². The first-order valence-corrected chi connectivity index (χ1v) is 9.23. The number of amides is 1. The highest BCUT2D eigenvalue weighted by atomic mass is 19.1. The summed E-state index contributed by atoms with van der Waals surface area (Å²) < 4.78 is 19.4. The number of aliphatic hydroxyl groups is 1. The number of Topliss-reactive ketones (excluding diaryl/α,β-unsaturated/α-hetero) is 1. The molecule has 2 heterocycles. The minimum atomic E-state index is -0.980. The molecule has 1 amide bonds. The highest BCUT2D eigenvalue weighted by Gasteiger charge is 2.46. The SMILES string of the molecule is Cc1ccc(/C(O)=C2\C(=O)C(=O)N(Cc3ccco3)C2c2cccc(O)c2)cc1F. The summed E-state index contributed by atoms with van der Waals surface area (Å²) in [6.07, 6.45) is 1.45. The first kappa shape index (κ1) is 19.4. The minimum Gasteiger partial charge on any atom is -0.508 e. The van der Waals surface area contributed by atoms with Gasteiger partial charge in [-0.25, -0.2) is 4.39 Å². The van der Waals surface area contributed by atoms with Gasteiger partial charge in [0.2, 0.25) is 0 Å². The number of phenols is 1. The van der Waals surface area contributed by atoms with Gasteiger partial charge in [-0.15, -0.1) is 0 Å². The Bertz CT molecular complexity index is 1170. The van der Waals surface area contributed by atoms with Crippen LogP contribution < -0.4 is 0 Å². The quantitative estimate of drug-likeness (QED) is 0.387. The van der Waals surface area contributed by atoms with Crippen molar-refractivity contribution in [2.24, 2.45) is 0 Å². The Morgan fingerprint density at radius 2 is 1.93 bits per heavy atom. The Balaban J connectivity index is 1.89. The molecule has 152 valence electrons. The molecule has 1 saturated heterocycles. The number of benzene rings is 2. The molecule has 0 radical (unpaired) electrons. The van der Waals surface area contributed by atoms with Gasteiger partial charge in [-0.3, -0.25) is 9.59 Å². The highest BCUT2D eigenvalue weighted by Crippen LogP contribution is 2.41. The van der Waals surface area contributed by atoms with Crippen molar-refractivity contribution in [2.75, 3.05) is 0 Å². The maximum atomic E-state index is 14.1. The maximum Gasteiger partial charge on any atom is 0.296 e. The second-order valence-corrected chi connectivity index (χ2v) is 7.07. The number of nitrogens with zero attached hydrogens (tertiary/aromatic N) is 1. The molecule has 2 aromatic carbocycles. The number of likely N-dealkylation sites (tertiary alicyclic amines) is 1. The predicted octanol–water partition coefficient (Wildman–Crippen LogP) is 4.05. The third kappa shape index (κ3) is 3.34. The molecule has 0 aliphatic carbocycles. The van der Waals surface area contributed by atoms with E-state index in [-0.39, 0.29) is 23.4 Å². The van der Waals surface area contributed by atoms with Crippen LogP contribution in [0.1, 0.15) is 28.5 Å². The third-order valence-corrected chi connectivity index (χ3v) is 5.08. The van der Waals surface area contributed by atoms with Crippen molar-refractivity contribution in [3.05, 3.63) is 94.7 Å². The van der Waals surface area contributed by atoms with Crippen molar-refractivity contribution < 1.29 is 28.6 Å². The Morgan fingerprint density at radius 3 is 2.60 bits per heavy atom.